The van der Waals surface area contributed by atoms with Crippen LogP contribution >= 0.6 is 11.3 Å². The van der Waals surface area contributed by atoms with E-state index in [9.17, 15) is 4.79 Å². The molecule has 0 aliphatic carbocycles. The molecule has 1 saturated heterocycles. The molecule has 1 aliphatic rings. The molecule has 0 bridgehead atoms. The van der Waals surface area contributed by atoms with E-state index in [0.717, 1.165) is 42.8 Å². The number of carbonyl (C=O) groups excluding carboxylic acids is 1. The summed E-state index contributed by atoms with van der Waals surface area (Å²) in [5, 5.41) is 1.20. The van der Waals surface area contributed by atoms with Crippen LogP contribution in [-0.4, -0.2) is 35.5 Å². The summed E-state index contributed by atoms with van der Waals surface area (Å²) in [6, 6.07) is 16.3. The van der Waals surface area contributed by atoms with Crippen molar-refractivity contribution in [3.63, 3.8) is 0 Å². The molecule has 28 heavy (non-hydrogen) atoms. The fourth-order valence-corrected chi connectivity index (χ4v) is 4.90. The first-order valence-corrected chi connectivity index (χ1v) is 10.8. The van der Waals surface area contributed by atoms with Crippen LogP contribution in [0.1, 0.15) is 49.1 Å². The third-order valence-electron chi connectivity index (χ3n) is 5.40. The number of amides is 1. The molecule has 1 fully saturated rings. The fourth-order valence-electron chi connectivity index (χ4n) is 3.76. The number of fused-ring (bicyclic) bond motifs is 1. The van der Waals surface area contributed by atoms with E-state index >= 15 is 0 Å². The average Bonchev–Trinajstić information content (AvgIpc) is 3.16. The van der Waals surface area contributed by atoms with Crippen LogP contribution < -0.4 is 4.74 Å². The smallest absolute Gasteiger partial charge is 0.260 e. The summed E-state index contributed by atoms with van der Waals surface area (Å²) in [5.41, 5.74) is 2.23. The molecule has 3 aromatic rings. The fraction of sp³-hybridized carbons (Fsp3) is 0.391. The second-order valence-corrected chi connectivity index (χ2v) is 8.72. The maximum absolute atomic E-state index is 12.6. The Bertz CT molecular complexity index is 925. The summed E-state index contributed by atoms with van der Waals surface area (Å²) in [4.78, 5) is 19.4. The largest absolute Gasteiger partial charge is 0.483 e. The molecule has 4 rings (SSSR count). The van der Waals surface area contributed by atoms with Crippen molar-refractivity contribution in [1.29, 1.82) is 0 Å². The van der Waals surface area contributed by atoms with Gasteiger partial charge < -0.3 is 9.64 Å². The van der Waals surface area contributed by atoms with Gasteiger partial charge in [0.05, 0.1) is 15.2 Å². The van der Waals surface area contributed by atoms with Gasteiger partial charge in [-0.25, -0.2) is 4.98 Å². The maximum Gasteiger partial charge on any atom is 0.260 e. The number of hydrogen-bond donors (Lipinski definition) is 0. The molecule has 5 heteroatoms. The highest BCUT2D eigenvalue weighted by atomic mass is 32.1. The SMILES string of the molecule is CC(C)c1ccccc1OCC(=O)N1CCC(c2nc3ccccc3s2)CC1. The highest BCUT2D eigenvalue weighted by Gasteiger charge is 2.26. The lowest BCUT2D eigenvalue weighted by Gasteiger charge is -2.31. The van der Waals surface area contributed by atoms with E-state index in [2.05, 4.69) is 38.1 Å². The van der Waals surface area contributed by atoms with E-state index in [-0.39, 0.29) is 12.5 Å². The number of piperidine rings is 1. The Morgan fingerprint density at radius 3 is 2.61 bits per heavy atom. The molecule has 1 aromatic heterocycles. The number of carbonyl (C=O) groups is 1. The van der Waals surface area contributed by atoms with Crippen LogP contribution in [0, 0.1) is 0 Å². The van der Waals surface area contributed by atoms with E-state index in [0.29, 0.717) is 11.8 Å². The van der Waals surface area contributed by atoms with Crippen LogP contribution in [0.5, 0.6) is 5.75 Å². The Labute approximate surface area is 170 Å². The van der Waals surface area contributed by atoms with Gasteiger partial charge in [0.15, 0.2) is 6.61 Å². The van der Waals surface area contributed by atoms with Gasteiger partial charge in [0.1, 0.15) is 5.75 Å². The lowest BCUT2D eigenvalue weighted by molar-refractivity contribution is -0.134. The molecule has 0 radical (unpaired) electrons. The standard InChI is InChI=1S/C23H26N2O2S/c1-16(2)18-7-3-5-9-20(18)27-15-22(26)25-13-11-17(12-14-25)23-24-19-8-4-6-10-21(19)28-23/h3-10,16-17H,11-15H2,1-2H3. The van der Waals surface area contributed by atoms with Crippen molar-refractivity contribution < 1.29 is 9.53 Å². The summed E-state index contributed by atoms with van der Waals surface area (Å²) in [5.74, 6) is 1.71. The number of benzene rings is 2. The van der Waals surface area contributed by atoms with Crippen molar-refractivity contribution in [3.05, 3.63) is 59.1 Å². The number of aromatic nitrogens is 1. The van der Waals surface area contributed by atoms with E-state index in [1.165, 1.54) is 9.71 Å². The van der Waals surface area contributed by atoms with E-state index in [4.69, 9.17) is 9.72 Å². The van der Waals surface area contributed by atoms with Gasteiger partial charge in [0.25, 0.3) is 5.91 Å². The zero-order valence-corrected chi connectivity index (χ0v) is 17.2. The molecule has 0 atom stereocenters. The first kappa shape index (κ1) is 18.9. The molecule has 0 saturated carbocycles. The molecule has 1 amide bonds. The van der Waals surface area contributed by atoms with Gasteiger partial charge in [0, 0.05) is 19.0 Å². The van der Waals surface area contributed by atoms with Crippen LogP contribution in [0.4, 0.5) is 0 Å². The summed E-state index contributed by atoms with van der Waals surface area (Å²) in [6.45, 7) is 5.92. The molecule has 2 heterocycles. The monoisotopic (exact) mass is 394 g/mol. The van der Waals surface area contributed by atoms with E-state index in [1.807, 2.05) is 29.2 Å². The molecule has 146 valence electrons. The Morgan fingerprint density at radius 2 is 1.86 bits per heavy atom. The first-order chi connectivity index (χ1) is 13.6. The Kier molecular flexibility index (Phi) is 5.62. The third-order valence-corrected chi connectivity index (χ3v) is 6.60. The highest BCUT2D eigenvalue weighted by molar-refractivity contribution is 7.18. The molecule has 0 N–H and O–H groups in total. The highest BCUT2D eigenvalue weighted by Crippen LogP contribution is 2.34. The van der Waals surface area contributed by atoms with E-state index in [1.54, 1.807) is 11.3 Å². The summed E-state index contributed by atoms with van der Waals surface area (Å²) in [7, 11) is 0. The number of hydrogen-bond acceptors (Lipinski definition) is 4. The van der Waals surface area contributed by atoms with Crippen LogP contribution in [0.25, 0.3) is 10.2 Å². The Balaban J connectivity index is 1.33. The summed E-state index contributed by atoms with van der Waals surface area (Å²) in [6.07, 6.45) is 1.93. The first-order valence-electron chi connectivity index (χ1n) is 9.97. The minimum Gasteiger partial charge on any atom is -0.483 e. The molecule has 2 aromatic carbocycles. The van der Waals surface area contributed by atoms with Gasteiger partial charge in [-0.15, -0.1) is 11.3 Å². The minimum atomic E-state index is 0.0707. The van der Waals surface area contributed by atoms with Crippen LogP contribution in [0.2, 0.25) is 0 Å². The summed E-state index contributed by atoms with van der Waals surface area (Å²) < 4.78 is 7.11. The zero-order valence-electron chi connectivity index (χ0n) is 16.4. The van der Waals surface area contributed by atoms with Gasteiger partial charge in [-0.05, 0) is 42.5 Å². The number of para-hydroxylation sites is 2. The number of nitrogens with zero attached hydrogens (tertiary/aromatic N) is 2. The zero-order chi connectivity index (χ0) is 19.5. The van der Waals surface area contributed by atoms with Gasteiger partial charge in [-0.3, -0.25) is 4.79 Å². The normalized spacial score (nSPS) is 15.3. The van der Waals surface area contributed by atoms with Gasteiger partial charge >= 0.3 is 0 Å². The predicted octanol–water partition coefficient (Wildman–Crippen LogP) is 5.20. The van der Waals surface area contributed by atoms with Crippen molar-refractivity contribution in [1.82, 2.24) is 9.88 Å². The van der Waals surface area contributed by atoms with Crippen molar-refractivity contribution in [3.8, 4) is 5.75 Å². The Morgan fingerprint density at radius 1 is 1.14 bits per heavy atom. The van der Waals surface area contributed by atoms with Crippen molar-refractivity contribution in [2.45, 2.75) is 38.5 Å². The lowest BCUT2D eigenvalue weighted by Crippen LogP contribution is -2.40. The minimum absolute atomic E-state index is 0.0707. The van der Waals surface area contributed by atoms with Crippen molar-refractivity contribution in [2.75, 3.05) is 19.7 Å². The molecule has 0 unspecified atom stereocenters. The van der Waals surface area contributed by atoms with Crippen LogP contribution in [0.15, 0.2) is 48.5 Å². The topological polar surface area (TPSA) is 42.4 Å². The van der Waals surface area contributed by atoms with Gasteiger partial charge in [-0.1, -0.05) is 44.2 Å². The molecular weight excluding hydrogens is 368 g/mol. The predicted molar refractivity (Wildman–Crippen MR) is 114 cm³/mol. The summed E-state index contributed by atoms with van der Waals surface area (Å²) >= 11 is 1.79. The third kappa shape index (κ3) is 4.04. The number of ether oxygens (including phenoxy) is 1. The average molecular weight is 395 g/mol. The maximum atomic E-state index is 12.6. The van der Waals surface area contributed by atoms with Crippen molar-refractivity contribution >= 4 is 27.5 Å². The molecule has 4 nitrogen and oxygen atoms in total. The van der Waals surface area contributed by atoms with Crippen LogP contribution in [-0.2, 0) is 4.79 Å². The second kappa shape index (κ2) is 8.31. The lowest BCUT2D eigenvalue weighted by atomic mass is 9.97. The van der Waals surface area contributed by atoms with Crippen LogP contribution in [0.3, 0.4) is 0 Å². The quantitative estimate of drug-likeness (QED) is 0.597. The molecule has 0 spiro atoms. The molecular formula is C23H26N2O2S. The molecule has 1 aliphatic heterocycles. The number of likely N-dealkylation sites (tertiary alicyclic amines) is 1. The van der Waals surface area contributed by atoms with Gasteiger partial charge in [-0.2, -0.15) is 0 Å². The second-order valence-electron chi connectivity index (χ2n) is 7.66. The number of thiazole rings is 1. The van der Waals surface area contributed by atoms with E-state index < -0.39 is 0 Å². The van der Waals surface area contributed by atoms with Gasteiger partial charge in [0.2, 0.25) is 0 Å². The van der Waals surface area contributed by atoms with Crippen molar-refractivity contribution in [2.24, 2.45) is 0 Å². The Hall–Kier alpha value is -2.40. The number of rotatable bonds is 5.